The van der Waals surface area contributed by atoms with Gasteiger partial charge in [0.1, 0.15) is 5.75 Å². The largest absolute Gasteiger partial charge is 0.497 e. The van der Waals surface area contributed by atoms with E-state index in [1.807, 2.05) is 0 Å². The second-order valence-corrected chi connectivity index (χ2v) is 7.81. The molecule has 1 fully saturated rings. The predicted octanol–water partition coefficient (Wildman–Crippen LogP) is 4.16. The fraction of sp³-hybridized carbons (Fsp3) is 0.684. The van der Waals surface area contributed by atoms with Crippen LogP contribution in [0, 0.1) is 0 Å². The van der Waals surface area contributed by atoms with Gasteiger partial charge in [-0.15, -0.1) is 0 Å². The number of benzene rings is 1. The van der Waals surface area contributed by atoms with Crippen molar-refractivity contribution in [1.82, 2.24) is 4.90 Å². The minimum Gasteiger partial charge on any atom is -0.497 e. The van der Waals surface area contributed by atoms with Gasteiger partial charge in [-0.25, -0.2) is 0 Å². The lowest BCUT2D eigenvalue weighted by Crippen LogP contribution is -2.51. The highest BCUT2D eigenvalue weighted by Gasteiger charge is 2.41. The highest BCUT2D eigenvalue weighted by atomic mass is 16.5. The van der Waals surface area contributed by atoms with E-state index >= 15 is 0 Å². The van der Waals surface area contributed by atoms with Crippen molar-refractivity contribution in [1.29, 1.82) is 0 Å². The lowest BCUT2D eigenvalue weighted by atomic mass is 9.64. The molecule has 2 heteroatoms. The van der Waals surface area contributed by atoms with Crippen molar-refractivity contribution < 1.29 is 4.74 Å². The molecule has 0 saturated carbocycles. The molecule has 0 amide bonds. The van der Waals surface area contributed by atoms with Gasteiger partial charge >= 0.3 is 0 Å². The maximum absolute atomic E-state index is 5.41. The lowest BCUT2D eigenvalue weighted by molar-refractivity contribution is 0.0680. The van der Waals surface area contributed by atoms with Gasteiger partial charge in [-0.05, 0) is 94.6 Å². The molecule has 0 aromatic heterocycles. The average Bonchev–Trinajstić information content (AvgIpc) is 2.46. The smallest absolute Gasteiger partial charge is 0.119 e. The van der Waals surface area contributed by atoms with E-state index in [2.05, 4.69) is 43.9 Å². The van der Waals surface area contributed by atoms with Crippen LogP contribution in [-0.2, 0) is 11.8 Å². The van der Waals surface area contributed by atoms with E-state index in [1.54, 1.807) is 12.7 Å². The maximum atomic E-state index is 5.41. The zero-order valence-corrected chi connectivity index (χ0v) is 14.0. The first kappa shape index (κ1) is 14.9. The Labute approximate surface area is 129 Å². The number of aryl methyl sites for hydroxylation is 1. The molecule has 1 aliphatic carbocycles. The molecule has 1 heterocycles. The summed E-state index contributed by atoms with van der Waals surface area (Å²) in [6.45, 7) is 9.48. The molecule has 1 saturated heterocycles. The van der Waals surface area contributed by atoms with Gasteiger partial charge < -0.3 is 4.74 Å². The molecule has 0 radical (unpaired) electrons. The van der Waals surface area contributed by atoms with Crippen LogP contribution in [0.25, 0.3) is 0 Å². The number of fused-ring (bicyclic) bond motifs is 2. The van der Waals surface area contributed by atoms with Gasteiger partial charge in [0.2, 0.25) is 0 Å². The number of piperidine rings is 1. The molecule has 0 N–H and O–H groups in total. The molecule has 1 aromatic rings. The molecule has 0 bridgehead atoms. The SMILES string of the molecule is COc1ccc2c(c1)CCCC21CCN(C(C)(C)C)CC1. The lowest BCUT2D eigenvalue weighted by Gasteiger charge is -2.49. The van der Waals surface area contributed by atoms with Crippen LogP contribution in [0.4, 0.5) is 0 Å². The topological polar surface area (TPSA) is 12.5 Å². The monoisotopic (exact) mass is 287 g/mol. The average molecular weight is 287 g/mol. The van der Waals surface area contributed by atoms with E-state index in [4.69, 9.17) is 4.74 Å². The van der Waals surface area contributed by atoms with E-state index in [0.717, 1.165) is 5.75 Å². The van der Waals surface area contributed by atoms with E-state index in [9.17, 15) is 0 Å². The Bertz CT molecular complexity index is 507. The zero-order chi connectivity index (χ0) is 15.1. The third kappa shape index (κ3) is 2.70. The van der Waals surface area contributed by atoms with Crippen molar-refractivity contribution in [2.24, 2.45) is 0 Å². The van der Waals surface area contributed by atoms with Gasteiger partial charge in [-0.3, -0.25) is 4.90 Å². The molecule has 0 unspecified atom stereocenters. The molecule has 1 spiro atoms. The summed E-state index contributed by atoms with van der Waals surface area (Å²) in [6, 6.07) is 6.77. The first-order valence-corrected chi connectivity index (χ1v) is 8.37. The Morgan fingerprint density at radius 1 is 1.10 bits per heavy atom. The van der Waals surface area contributed by atoms with Gasteiger partial charge in [0.15, 0.2) is 0 Å². The Hall–Kier alpha value is -1.02. The fourth-order valence-electron chi connectivity index (χ4n) is 4.30. The van der Waals surface area contributed by atoms with Gasteiger partial charge in [0.05, 0.1) is 7.11 Å². The van der Waals surface area contributed by atoms with Crippen molar-refractivity contribution in [3.63, 3.8) is 0 Å². The quantitative estimate of drug-likeness (QED) is 0.769. The van der Waals surface area contributed by atoms with Crippen molar-refractivity contribution in [2.75, 3.05) is 20.2 Å². The number of methoxy groups -OCH3 is 1. The highest BCUT2D eigenvalue weighted by molar-refractivity contribution is 5.42. The van der Waals surface area contributed by atoms with Crippen LogP contribution in [0.15, 0.2) is 18.2 Å². The summed E-state index contributed by atoms with van der Waals surface area (Å²) in [5.41, 5.74) is 3.88. The molecule has 2 aliphatic rings. The number of ether oxygens (including phenoxy) is 1. The van der Waals surface area contributed by atoms with E-state index < -0.39 is 0 Å². The molecular weight excluding hydrogens is 258 g/mol. The van der Waals surface area contributed by atoms with E-state index in [-0.39, 0.29) is 0 Å². The minimum atomic E-state index is 0.305. The summed E-state index contributed by atoms with van der Waals surface area (Å²) in [4.78, 5) is 2.65. The van der Waals surface area contributed by atoms with Crippen LogP contribution < -0.4 is 4.74 Å². The highest BCUT2D eigenvalue weighted by Crippen LogP contribution is 2.46. The summed E-state index contributed by atoms with van der Waals surface area (Å²) >= 11 is 0. The Kier molecular flexibility index (Phi) is 3.77. The fourth-order valence-corrected chi connectivity index (χ4v) is 4.30. The van der Waals surface area contributed by atoms with Crippen LogP contribution in [0.5, 0.6) is 5.75 Å². The standard InChI is InChI=1S/C19H29NO/c1-18(2,3)20-12-10-19(11-13-20)9-5-6-15-14-16(21-4)7-8-17(15)19/h7-8,14H,5-6,9-13H2,1-4H3. The molecular formula is C19H29NO. The number of hydrogen-bond acceptors (Lipinski definition) is 2. The number of nitrogens with zero attached hydrogens (tertiary/aromatic N) is 1. The van der Waals surface area contributed by atoms with Crippen LogP contribution in [0.1, 0.15) is 57.6 Å². The Morgan fingerprint density at radius 3 is 2.43 bits per heavy atom. The molecule has 3 rings (SSSR count). The van der Waals surface area contributed by atoms with Crippen molar-refractivity contribution >= 4 is 0 Å². The summed E-state index contributed by atoms with van der Waals surface area (Å²) in [5, 5.41) is 0. The number of rotatable bonds is 1. The van der Waals surface area contributed by atoms with Gasteiger partial charge in [0, 0.05) is 5.54 Å². The maximum Gasteiger partial charge on any atom is 0.119 e. The molecule has 1 aromatic carbocycles. The third-order valence-corrected chi connectivity index (χ3v) is 5.65. The van der Waals surface area contributed by atoms with E-state index in [0.29, 0.717) is 11.0 Å². The zero-order valence-electron chi connectivity index (χ0n) is 14.0. The van der Waals surface area contributed by atoms with Crippen molar-refractivity contribution in [3.8, 4) is 5.75 Å². The first-order valence-electron chi connectivity index (χ1n) is 8.37. The molecule has 116 valence electrons. The Morgan fingerprint density at radius 2 is 1.81 bits per heavy atom. The second kappa shape index (κ2) is 5.31. The van der Waals surface area contributed by atoms with Crippen LogP contribution in [-0.4, -0.2) is 30.6 Å². The van der Waals surface area contributed by atoms with Crippen LogP contribution >= 0.6 is 0 Å². The first-order chi connectivity index (χ1) is 9.94. The minimum absolute atomic E-state index is 0.305. The third-order valence-electron chi connectivity index (χ3n) is 5.65. The van der Waals surface area contributed by atoms with Crippen molar-refractivity contribution in [2.45, 2.75) is 63.8 Å². The second-order valence-electron chi connectivity index (χ2n) is 7.81. The molecule has 0 atom stereocenters. The summed E-state index contributed by atoms with van der Waals surface area (Å²) in [7, 11) is 1.77. The van der Waals surface area contributed by atoms with Crippen molar-refractivity contribution in [3.05, 3.63) is 29.3 Å². The van der Waals surface area contributed by atoms with Gasteiger partial charge in [-0.2, -0.15) is 0 Å². The molecule has 1 aliphatic heterocycles. The predicted molar refractivity (Wildman–Crippen MR) is 88.2 cm³/mol. The normalized spacial score (nSPS) is 22.1. The Balaban J connectivity index is 1.85. The summed E-state index contributed by atoms with van der Waals surface area (Å²) in [5.74, 6) is 1.01. The van der Waals surface area contributed by atoms with E-state index in [1.165, 1.54) is 50.8 Å². The summed E-state index contributed by atoms with van der Waals surface area (Å²) < 4.78 is 5.41. The molecule has 2 nitrogen and oxygen atoms in total. The number of hydrogen-bond donors (Lipinski definition) is 0. The van der Waals surface area contributed by atoms with Gasteiger partial charge in [0.25, 0.3) is 0 Å². The van der Waals surface area contributed by atoms with Crippen LogP contribution in [0.2, 0.25) is 0 Å². The van der Waals surface area contributed by atoms with Gasteiger partial charge in [-0.1, -0.05) is 6.07 Å². The van der Waals surface area contributed by atoms with Crippen LogP contribution in [0.3, 0.4) is 0 Å². The molecule has 21 heavy (non-hydrogen) atoms. The summed E-state index contributed by atoms with van der Waals surface area (Å²) in [6.07, 6.45) is 6.53. The number of likely N-dealkylation sites (tertiary alicyclic amines) is 1.